The van der Waals surface area contributed by atoms with Crippen LogP contribution in [0.4, 0.5) is 5.69 Å². The number of benzene rings is 1. The summed E-state index contributed by atoms with van der Waals surface area (Å²) in [5, 5.41) is 16.4. The van der Waals surface area contributed by atoms with Crippen molar-refractivity contribution in [1.82, 2.24) is 15.2 Å². The summed E-state index contributed by atoms with van der Waals surface area (Å²) in [7, 11) is 0. The Hall–Kier alpha value is -2.37. The number of aromatic nitrogens is 3. The molecule has 0 saturated carbocycles. The predicted octanol–water partition coefficient (Wildman–Crippen LogP) is 2.47. The Morgan fingerprint density at radius 2 is 2.10 bits per heavy atom. The van der Waals surface area contributed by atoms with Crippen LogP contribution in [-0.2, 0) is 5.41 Å². The minimum atomic E-state index is -0.296. The number of H-pyrrole nitrogens is 1. The Morgan fingerprint density at radius 3 is 2.62 bits per heavy atom. The highest BCUT2D eigenvalue weighted by atomic mass is 16.3. The fourth-order valence-electron chi connectivity index (χ4n) is 1.92. The molecule has 6 nitrogen and oxygen atoms in total. The van der Waals surface area contributed by atoms with Gasteiger partial charge in [-0.2, -0.15) is 0 Å². The number of amides is 1. The summed E-state index contributed by atoms with van der Waals surface area (Å²) in [4.78, 5) is 18.3. The Kier molecular flexibility index (Phi) is 3.97. The molecule has 2 N–H and O–H groups in total. The maximum absolute atomic E-state index is 12.5. The average Bonchev–Trinajstić information content (AvgIpc) is 2.89. The molecule has 21 heavy (non-hydrogen) atoms. The second kappa shape index (κ2) is 5.55. The van der Waals surface area contributed by atoms with Crippen molar-refractivity contribution < 1.29 is 9.90 Å². The van der Waals surface area contributed by atoms with Gasteiger partial charge < -0.3 is 10.0 Å². The third-order valence-corrected chi connectivity index (χ3v) is 3.09. The summed E-state index contributed by atoms with van der Waals surface area (Å²) in [6.07, 6.45) is 0. The number of aromatic hydroxyl groups is 1. The van der Waals surface area contributed by atoms with Gasteiger partial charge >= 0.3 is 0 Å². The Balaban J connectivity index is 2.31. The first-order valence-electron chi connectivity index (χ1n) is 6.86. The zero-order valence-corrected chi connectivity index (χ0v) is 12.7. The summed E-state index contributed by atoms with van der Waals surface area (Å²) in [6, 6.07) is 6.56. The minimum absolute atomic E-state index is 0.115. The number of rotatable bonds is 3. The fraction of sp³-hybridized carbons (Fsp3) is 0.400. The Morgan fingerprint density at radius 1 is 1.38 bits per heavy atom. The largest absolute Gasteiger partial charge is 0.508 e. The zero-order chi connectivity index (χ0) is 15.6. The number of carbonyl (C=O) groups excluding carboxylic acids is 1. The lowest BCUT2D eigenvalue weighted by molar-refractivity contribution is 0.0978. The van der Waals surface area contributed by atoms with Crippen molar-refractivity contribution in [3.05, 3.63) is 35.9 Å². The van der Waals surface area contributed by atoms with Crippen molar-refractivity contribution in [3.8, 4) is 5.75 Å². The Bertz CT molecular complexity index is 643. The van der Waals surface area contributed by atoms with Crippen LogP contribution in [0.5, 0.6) is 5.75 Å². The van der Waals surface area contributed by atoms with E-state index < -0.39 is 0 Å². The molecule has 0 spiro atoms. The van der Waals surface area contributed by atoms with Crippen LogP contribution in [-0.4, -0.2) is 32.7 Å². The molecule has 0 unspecified atom stereocenters. The smallest absolute Gasteiger partial charge is 0.297 e. The third-order valence-electron chi connectivity index (χ3n) is 3.09. The summed E-state index contributed by atoms with van der Waals surface area (Å²) < 4.78 is 0. The number of phenols is 1. The molecular formula is C15H20N4O2. The molecule has 0 aliphatic rings. The van der Waals surface area contributed by atoms with Gasteiger partial charge in [-0.05, 0) is 19.1 Å². The minimum Gasteiger partial charge on any atom is -0.508 e. The van der Waals surface area contributed by atoms with E-state index in [-0.39, 0.29) is 22.9 Å². The van der Waals surface area contributed by atoms with Gasteiger partial charge in [-0.3, -0.25) is 9.89 Å². The SMILES string of the molecule is CCN(C(=O)c1n[nH]c(C(C)(C)C)n1)c1cccc(O)c1. The van der Waals surface area contributed by atoms with E-state index in [1.807, 2.05) is 27.7 Å². The number of carbonyl (C=O) groups is 1. The third kappa shape index (κ3) is 3.21. The molecule has 0 radical (unpaired) electrons. The van der Waals surface area contributed by atoms with Crippen LogP contribution in [0, 0.1) is 0 Å². The first kappa shape index (κ1) is 15.0. The number of nitrogens with zero attached hydrogens (tertiary/aromatic N) is 3. The molecule has 0 aliphatic heterocycles. The highest BCUT2D eigenvalue weighted by molar-refractivity contribution is 6.03. The van der Waals surface area contributed by atoms with Gasteiger partial charge in [0.1, 0.15) is 11.6 Å². The molecule has 1 heterocycles. The van der Waals surface area contributed by atoms with Crippen molar-refractivity contribution in [2.45, 2.75) is 33.1 Å². The summed E-state index contributed by atoms with van der Waals surface area (Å²) in [6.45, 7) is 8.30. The average molecular weight is 288 g/mol. The monoisotopic (exact) mass is 288 g/mol. The summed E-state index contributed by atoms with van der Waals surface area (Å²) in [5.41, 5.74) is 0.415. The van der Waals surface area contributed by atoms with Gasteiger partial charge in [0.15, 0.2) is 0 Å². The van der Waals surface area contributed by atoms with Crippen molar-refractivity contribution in [2.75, 3.05) is 11.4 Å². The van der Waals surface area contributed by atoms with Crippen molar-refractivity contribution in [3.63, 3.8) is 0 Å². The van der Waals surface area contributed by atoms with E-state index >= 15 is 0 Å². The van der Waals surface area contributed by atoms with Crippen molar-refractivity contribution in [2.24, 2.45) is 0 Å². The van der Waals surface area contributed by atoms with Gasteiger partial charge in [0.25, 0.3) is 5.91 Å². The lowest BCUT2D eigenvalue weighted by Crippen LogP contribution is -2.31. The first-order valence-corrected chi connectivity index (χ1v) is 6.86. The molecule has 0 atom stereocenters. The quantitative estimate of drug-likeness (QED) is 0.909. The fourth-order valence-corrected chi connectivity index (χ4v) is 1.92. The zero-order valence-electron chi connectivity index (χ0n) is 12.7. The lowest BCUT2D eigenvalue weighted by atomic mass is 9.96. The van der Waals surface area contributed by atoms with Gasteiger partial charge in [-0.1, -0.05) is 26.8 Å². The van der Waals surface area contributed by atoms with Gasteiger partial charge in [0, 0.05) is 23.7 Å². The van der Waals surface area contributed by atoms with Gasteiger partial charge in [-0.25, -0.2) is 4.98 Å². The molecule has 0 fully saturated rings. The maximum atomic E-state index is 12.5. The van der Waals surface area contributed by atoms with Crippen LogP contribution in [0.15, 0.2) is 24.3 Å². The van der Waals surface area contributed by atoms with Crippen LogP contribution in [0.3, 0.4) is 0 Å². The summed E-state index contributed by atoms with van der Waals surface area (Å²) >= 11 is 0. The maximum Gasteiger partial charge on any atom is 0.297 e. The lowest BCUT2D eigenvalue weighted by Gasteiger charge is -2.19. The molecule has 2 aromatic rings. The standard InChI is InChI=1S/C15H20N4O2/c1-5-19(10-7-6-8-11(20)9-10)13(21)12-16-14(18-17-12)15(2,3)4/h6-9,20H,5H2,1-4H3,(H,16,17,18). The van der Waals surface area contributed by atoms with Crippen LogP contribution in [0.25, 0.3) is 0 Å². The highest BCUT2D eigenvalue weighted by Crippen LogP contribution is 2.22. The molecular weight excluding hydrogens is 268 g/mol. The molecule has 0 bridgehead atoms. The van der Waals surface area contributed by atoms with Crippen LogP contribution in [0.1, 0.15) is 44.1 Å². The number of aromatic amines is 1. The first-order chi connectivity index (χ1) is 9.82. The van der Waals surface area contributed by atoms with Crippen LogP contribution < -0.4 is 4.90 Å². The van der Waals surface area contributed by atoms with E-state index in [1.165, 1.54) is 4.90 Å². The van der Waals surface area contributed by atoms with E-state index in [9.17, 15) is 9.90 Å². The number of hydrogen-bond acceptors (Lipinski definition) is 4. The van der Waals surface area contributed by atoms with E-state index in [0.717, 1.165) is 0 Å². The second-order valence-electron chi connectivity index (χ2n) is 5.83. The van der Waals surface area contributed by atoms with Gasteiger partial charge in [-0.15, -0.1) is 5.10 Å². The van der Waals surface area contributed by atoms with E-state index in [1.54, 1.807) is 24.3 Å². The van der Waals surface area contributed by atoms with Crippen LogP contribution in [0.2, 0.25) is 0 Å². The molecule has 112 valence electrons. The molecule has 1 aromatic carbocycles. The Labute approximate surface area is 123 Å². The number of hydrogen-bond donors (Lipinski definition) is 2. The molecule has 2 rings (SSSR count). The number of phenolic OH excluding ortho intramolecular Hbond substituents is 1. The van der Waals surface area contributed by atoms with E-state index in [4.69, 9.17) is 0 Å². The molecule has 0 aliphatic carbocycles. The van der Waals surface area contributed by atoms with Crippen LogP contribution >= 0.6 is 0 Å². The topological polar surface area (TPSA) is 82.1 Å². The molecule has 0 saturated heterocycles. The van der Waals surface area contributed by atoms with Crippen molar-refractivity contribution in [1.29, 1.82) is 0 Å². The predicted molar refractivity (Wildman–Crippen MR) is 80.5 cm³/mol. The van der Waals surface area contributed by atoms with E-state index in [2.05, 4.69) is 15.2 Å². The molecule has 1 amide bonds. The highest BCUT2D eigenvalue weighted by Gasteiger charge is 2.24. The van der Waals surface area contributed by atoms with Crippen molar-refractivity contribution >= 4 is 11.6 Å². The van der Waals surface area contributed by atoms with Gasteiger partial charge in [0.05, 0.1) is 0 Å². The van der Waals surface area contributed by atoms with Gasteiger partial charge in [0.2, 0.25) is 5.82 Å². The number of anilines is 1. The van der Waals surface area contributed by atoms with E-state index in [0.29, 0.717) is 18.1 Å². The second-order valence-corrected chi connectivity index (χ2v) is 5.83. The normalized spacial score (nSPS) is 11.4. The molecule has 6 heteroatoms. The number of nitrogens with one attached hydrogen (secondary N) is 1. The summed E-state index contributed by atoms with van der Waals surface area (Å²) in [5.74, 6) is 0.613. The molecule has 1 aromatic heterocycles.